The number of likely N-dealkylation sites (tertiary alicyclic amines) is 1. The lowest BCUT2D eigenvalue weighted by atomic mass is 9.97. The highest BCUT2D eigenvalue weighted by molar-refractivity contribution is 5.19. The zero-order chi connectivity index (χ0) is 13.2. The molecule has 0 spiro atoms. The van der Waals surface area contributed by atoms with Crippen molar-refractivity contribution in [2.45, 2.75) is 38.8 Å². The molecular formula is C14H21N5. The minimum Gasteiger partial charge on any atom is -0.289 e. The van der Waals surface area contributed by atoms with Crippen molar-refractivity contribution in [2.75, 3.05) is 6.54 Å². The maximum Gasteiger partial charge on any atom is 0.0764 e. The van der Waals surface area contributed by atoms with E-state index in [0.717, 1.165) is 18.8 Å². The molecule has 0 saturated carbocycles. The quantitative estimate of drug-likeness (QED) is 0.919. The zero-order valence-corrected chi connectivity index (χ0v) is 11.6. The summed E-state index contributed by atoms with van der Waals surface area (Å²) in [6.45, 7) is 4.19. The maximum absolute atomic E-state index is 4.49. The van der Waals surface area contributed by atoms with Gasteiger partial charge in [-0.2, -0.15) is 10.2 Å². The summed E-state index contributed by atoms with van der Waals surface area (Å²) in [5, 5.41) is 11.8. The first-order valence-corrected chi connectivity index (χ1v) is 6.96. The van der Waals surface area contributed by atoms with Crippen LogP contribution in [0.5, 0.6) is 0 Å². The van der Waals surface area contributed by atoms with Crippen molar-refractivity contribution >= 4 is 0 Å². The topological polar surface area (TPSA) is 49.7 Å². The van der Waals surface area contributed by atoms with E-state index in [4.69, 9.17) is 0 Å². The van der Waals surface area contributed by atoms with Crippen LogP contribution in [0.15, 0.2) is 18.5 Å². The fraction of sp³-hybridized carbons (Fsp3) is 0.571. The average Bonchev–Trinajstić information content (AvgIpc) is 2.99. The molecule has 1 atom stereocenters. The minimum atomic E-state index is 0.457. The molecule has 0 aliphatic carbocycles. The van der Waals surface area contributed by atoms with E-state index in [2.05, 4.69) is 33.2 Å². The second kappa shape index (κ2) is 5.17. The number of aromatic nitrogens is 4. The number of aryl methyl sites for hydroxylation is 2. The fourth-order valence-electron chi connectivity index (χ4n) is 2.96. The van der Waals surface area contributed by atoms with Crippen LogP contribution in [0, 0.1) is 6.92 Å². The average molecular weight is 259 g/mol. The van der Waals surface area contributed by atoms with Crippen molar-refractivity contribution in [3.63, 3.8) is 0 Å². The highest BCUT2D eigenvalue weighted by Gasteiger charge is 2.26. The smallest absolute Gasteiger partial charge is 0.0764 e. The van der Waals surface area contributed by atoms with Crippen LogP contribution in [0.25, 0.3) is 0 Å². The molecule has 19 heavy (non-hydrogen) atoms. The van der Waals surface area contributed by atoms with Crippen molar-refractivity contribution in [1.29, 1.82) is 0 Å². The normalized spacial score (nSPS) is 20.8. The molecule has 2 aromatic heterocycles. The van der Waals surface area contributed by atoms with Gasteiger partial charge in [0.15, 0.2) is 0 Å². The Morgan fingerprint density at radius 1 is 1.42 bits per heavy atom. The monoisotopic (exact) mass is 259 g/mol. The Morgan fingerprint density at radius 2 is 2.32 bits per heavy atom. The number of nitrogens with one attached hydrogen (secondary N) is 1. The molecule has 5 heteroatoms. The summed E-state index contributed by atoms with van der Waals surface area (Å²) in [6, 6.07) is 2.56. The van der Waals surface area contributed by atoms with Gasteiger partial charge in [0.2, 0.25) is 0 Å². The van der Waals surface area contributed by atoms with E-state index in [1.807, 2.05) is 24.1 Å². The third kappa shape index (κ3) is 2.56. The molecule has 1 aliphatic rings. The number of H-pyrrole nitrogens is 1. The first-order chi connectivity index (χ1) is 9.24. The summed E-state index contributed by atoms with van der Waals surface area (Å²) in [5.41, 5.74) is 3.68. The molecule has 5 nitrogen and oxygen atoms in total. The van der Waals surface area contributed by atoms with Gasteiger partial charge in [0.1, 0.15) is 0 Å². The first-order valence-electron chi connectivity index (χ1n) is 6.96. The van der Waals surface area contributed by atoms with Gasteiger partial charge in [-0.3, -0.25) is 14.7 Å². The van der Waals surface area contributed by atoms with E-state index >= 15 is 0 Å². The summed E-state index contributed by atoms with van der Waals surface area (Å²) < 4.78 is 1.87. The third-order valence-electron chi connectivity index (χ3n) is 3.95. The summed E-state index contributed by atoms with van der Waals surface area (Å²) >= 11 is 0. The Hall–Kier alpha value is -1.62. The second-order valence-corrected chi connectivity index (χ2v) is 5.43. The number of nitrogens with zero attached hydrogens (tertiary/aromatic N) is 4. The van der Waals surface area contributed by atoms with Crippen LogP contribution in [0.4, 0.5) is 0 Å². The van der Waals surface area contributed by atoms with Crippen molar-refractivity contribution in [2.24, 2.45) is 7.05 Å². The largest absolute Gasteiger partial charge is 0.289 e. The van der Waals surface area contributed by atoms with Gasteiger partial charge in [-0.1, -0.05) is 6.42 Å². The van der Waals surface area contributed by atoms with Gasteiger partial charge in [-0.25, -0.2) is 0 Å². The number of aromatic amines is 1. The summed E-state index contributed by atoms with van der Waals surface area (Å²) in [5.74, 6) is 0. The Balaban J connectivity index is 1.79. The van der Waals surface area contributed by atoms with E-state index in [-0.39, 0.29) is 0 Å². The molecule has 102 valence electrons. The van der Waals surface area contributed by atoms with Gasteiger partial charge >= 0.3 is 0 Å². The van der Waals surface area contributed by atoms with Crippen LogP contribution in [0.1, 0.15) is 42.3 Å². The molecule has 3 heterocycles. The molecular weight excluding hydrogens is 238 g/mol. The molecule has 2 aromatic rings. The zero-order valence-electron chi connectivity index (χ0n) is 11.6. The Bertz CT molecular complexity index is 542. The van der Waals surface area contributed by atoms with E-state index < -0.39 is 0 Å². The van der Waals surface area contributed by atoms with Gasteiger partial charge in [0.25, 0.3) is 0 Å². The Morgan fingerprint density at radius 3 is 3.00 bits per heavy atom. The molecule has 1 aliphatic heterocycles. The first kappa shape index (κ1) is 12.4. The highest BCUT2D eigenvalue weighted by atomic mass is 15.3. The number of piperidine rings is 1. The fourth-order valence-corrected chi connectivity index (χ4v) is 2.96. The summed E-state index contributed by atoms with van der Waals surface area (Å²) in [7, 11) is 1.97. The molecule has 1 saturated heterocycles. The number of rotatable bonds is 3. The molecule has 0 amide bonds. The summed E-state index contributed by atoms with van der Waals surface area (Å²) in [4.78, 5) is 2.52. The van der Waals surface area contributed by atoms with Gasteiger partial charge in [-0.05, 0) is 37.9 Å². The Kier molecular flexibility index (Phi) is 3.38. The van der Waals surface area contributed by atoms with Crippen LogP contribution in [0.3, 0.4) is 0 Å². The molecule has 0 aromatic carbocycles. The standard InChI is InChI=1S/C14H21N5/c1-11-9-15-16-14(11)13-5-3-4-7-19(13)10-12-6-8-18(2)17-12/h6,8-9,13H,3-5,7,10H2,1-2H3,(H,15,16)/t13-/m1/s1. The van der Waals surface area contributed by atoms with Gasteiger partial charge < -0.3 is 0 Å². The molecule has 1 N–H and O–H groups in total. The van der Waals surface area contributed by atoms with Crippen molar-refractivity contribution in [1.82, 2.24) is 24.9 Å². The van der Waals surface area contributed by atoms with E-state index in [9.17, 15) is 0 Å². The van der Waals surface area contributed by atoms with Gasteiger partial charge in [0, 0.05) is 19.8 Å². The van der Waals surface area contributed by atoms with E-state index in [1.165, 1.54) is 30.5 Å². The van der Waals surface area contributed by atoms with E-state index in [1.54, 1.807) is 0 Å². The van der Waals surface area contributed by atoms with Crippen LogP contribution < -0.4 is 0 Å². The van der Waals surface area contributed by atoms with Crippen LogP contribution in [0.2, 0.25) is 0 Å². The lowest BCUT2D eigenvalue weighted by molar-refractivity contribution is 0.135. The molecule has 0 radical (unpaired) electrons. The maximum atomic E-state index is 4.49. The SMILES string of the molecule is Cc1cn[nH]c1[C@H]1CCCCN1Cc1ccn(C)n1. The Labute approximate surface area is 113 Å². The van der Waals surface area contributed by atoms with Crippen LogP contribution in [-0.2, 0) is 13.6 Å². The van der Waals surface area contributed by atoms with Crippen LogP contribution >= 0.6 is 0 Å². The predicted molar refractivity (Wildman–Crippen MR) is 73.5 cm³/mol. The van der Waals surface area contributed by atoms with Crippen molar-refractivity contribution in [3.05, 3.63) is 35.4 Å². The van der Waals surface area contributed by atoms with Crippen molar-refractivity contribution in [3.8, 4) is 0 Å². The van der Waals surface area contributed by atoms with E-state index in [0.29, 0.717) is 6.04 Å². The molecule has 0 unspecified atom stereocenters. The summed E-state index contributed by atoms with van der Waals surface area (Å²) in [6.07, 6.45) is 7.70. The minimum absolute atomic E-state index is 0.457. The van der Waals surface area contributed by atoms with Crippen molar-refractivity contribution < 1.29 is 0 Å². The van der Waals surface area contributed by atoms with Gasteiger partial charge in [-0.15, -0.1) is 0 Å². The predicted octanol–water partition coefficient (Wildman–Crippen LogP) is 2.18. The van der Waals surface area contributed by atoms with Gasteiger partial charge in [0.05, 0.1) is 23.6 Å². The molecule has 1 fully saturated rings. The second-order valence-electron chi connectivity index (χ2n) is 5.43. The highest BCUT2D eigenvalue weighted by Crippen LogP contribution is 2.32. The lowest BCUT2D eigenvalue weighted by Gasteiger charge is -2.34. The number of hydrogen-bond donors (Lipinski definition) is 1. The third-order valence-corrected chi connectivity index (χ3v) is 3.95. The van der Waals surface area contributed by atoms with Crippen LogP contribution in [-0.4, -0.2) is 31.4 Å². The lowest BCUT2D eigenvalue weighted by Crippen LogP contribution is -2.33. The molecule has 3 rings (SSSR count). The molecule has 0 bridgehead atoms. The number of hydrogen-bond acceptors (Lipinski definition) is 3.